The van der Waals surface area contributed by atoms with Crippen LogP contribution in [0.4, 0.5) is 10.5 Å². The van der Waals surface area contributed by atoms with Crippen LogP contribution in [0.15, 0.2) is 88.9 Å². The molecule has 1 saturated heterocycles. The molecule has 9 heteroatoms. The lowest BCUT2D eigenvalue weighted by atomic mass is 10.00. The van der Waals surface area contributed by atoms with Crippen LogP contribution in [-0.4, -0.2) is 28.8 Å². The number of thiophene rings is 1. The number of aryl methyl sites for hydroxylation is 1. The van der Waals surface area contributed by atoms with Gasteiger partial charge in [0.15, 0.2) is 12.1 Å². The average molecular weight is 516 g/mol. The van der Waals surface area contributed by atoms with Crippen molar-refractivity contribution in [2.24, 2.45) is 0 Å². The monoisotopic (exact) mass is 515 g/mol. The zero-order valence-electron chi connectivity index (χ0n) is 20.0. The van der Waals surface area contributed by atoms with E-state index >= 15 is 0 Å². The number of hydrogen-bond acceptors (Lipinski definition) is 6. The number of anilines is 1. The first-order valence-electron chi connectivity index (χ1n) is 11.8. The summed E-state index contributed by atoms with van der Waals surface area (Å²) < 4.78 is 11.1. The summed E-state index contributed by atoms with van der Waals surface area (Å²) in [7, 11) is 0. The molecule has 2 atom stereocenters. The van der Waals surface area contributed by atoms with Gasteiger partial charge in [-0.25, -0.2) is 4.79 Å². The number of carbonyl (C=O) groups excluding carboxylic acids is 3. The van der Waals surface area contributed by atoms with Crippen molar-refractivity contribution in [3.63, 3.8) is 0 Å². The second kappa shape index (κ2) is 10.7. The third kappa shape index (κ3) is 5.57. The maximum atomic E-state index is 13.4. The first kappa shape index (κ1) is 24.3. The number of benzene rings is 2. The van der Waals surface area contributed by atoms with Gasteiger partial charge in [0.2, 0.25) is 5.91 Å². The van der Waals surface area contributed by atoms with Gasteiger partial charge in [-0.3, -0.25) is 14.5 Å². The number of furan rings is 1. The standard InChI is InChI=1S/C28H25N3O5S/c1-18-5-2-6-19(15-18)17-31-24(27(33)29-16-22-7-3-13-35-22)25(36-28(31)34)20-9-11-21(12-10-20)30-26(32)23-8-4-14-37-23/h2-15,24-25H,16-17H2,1H3,(H,29,33)(H,30,32)/t24-,25-/m0/s1. The number of amides is 3. The number of rotatable bonds is 8. The summed E-state index contributed by atoms with van der Waals surface area (Å²) in [5.41, 5.74) is 3.20. The molecule has 0 radical (unpaired) electrons. The molecule has 0 saturated carbocycles. The Morgan fingerprint density at radius 1 is 1.03 bits per heavy atom. The van der Waals surface area contributed by atoms with E-state index in [1.807, 2.05) is 42.6 Å². The first-order valence-corrected chi connectivity index (χ1v) is 12.6. The third-order valence-corrected chi connectivity index (χ3v) is 6.92. The lowest BCUT2D eigenvalue weighted by Gasteiger charge is -2.24. The summed E-state index contributed by atoms with van der Waals surface area (Å²) in [5.74, 6) is 0.0516. The van der Waals surface area contributed by atoms with Crippen molar-refractivity contribution in [2.45, 2.75) is 32.2 Å². The molecular weight excluding hydrogens is 490 g/mol. The zero-order chi connectivity index (χ0) is 25.8. The van der Waals surface area contributed by atoms with Crippen molar-refractivity contribution in [1.82, 2.24) is 10.2 Å². The third-order valence-electron chi connectivity index (χ3n) is 6.05. The minimum absolute atomic E-state index is 0.190. The van der Waals surface area contributed by atoms with Gasteiger partial charge in [-0.2, -0.15) is 0 Å². The van der Waals surface area contributed by atoms with Gasteiger partial charge in [-0.05, 0) is 53.8 Å². The fraction of sp³-hybridized carbons (Fsp3) is 0.179. The lowest BCUT2D eigenvalue weighted by Crippen LogP contribution is -2.46. The highest BCUT2D eigenvalue weighted by molar-refractivity contribution is 7.12. The molecule has 2 N–H and O–H groups in total. The Labute approximate surface area is 217 Å². The molecule has 0 spiro atoms. The molecule has 1 fully saturated rings. The highest BCUT2D eigenvalue weighted by Crippen LogP contribution is 2.34. The van der Waals surface area contributed by atoms with Crippen molar-refractivity contribution in [3.05, 3.63) is 112 Å². The van der Waals surface area contributed by atoms with Gasteiger partial charge in [0.1, 0.15) is 5.76 Å². The largest absolute Gasteiger partial charge is 0.467 e. The maximum Gasteiger partial charge on any atom is 0.411 e. The number of hydrogen-bond donors (Lipinski definition) is 2. The van der Waals surface area contributed by atoms with Crippen molar-refractivity contribution in [2.75, 3.05) is 5.32 Å². The van der Waals surface area contributed by atoms with E-state index in [4.69, 9.17) is 9.15 Å². The van der Waals surface area contributed by atoms with E-state index in [2.05, 4.69) is 10.6 Å². The van der Waals surface area contributed by atoms with Crippen LogP contribution in [0.2, 0.25) is 0 Å². The van der Waals surface area contributed by atoms with Gasteiger partial charge in [0.05, 0.1) is 24.2 Å². The van der Waals surface area contributed by atoms with Crippen LogP contribution in [0.1, 0.15) is 38.2 Å². The van der Waals surface area contributed by atoms with Crippen molar-refractivity contribution in [3.8, 4) is 0 Å². The quantitative estimate of drug-likeness (QED) is 0.333. The Balaban J connectivity index is 1.37. The van der Waals surface area contributed by atoms with E-state index in [0.717, 1.165) is 11.1 Å². The Bertz CT molecular complexity index is 1380. The Kier molecular flexibility index (Phi) is 7.04. The average Bonchev–Trinajstić information content (AvgIpc) is 3.66. The molecule has 4 aromatic rings. The van der Waals surface area contributed by atoms with Crippen molar-refractivity contribution < 1.29 is 23.5 Å². The molecule has 3 amide bonds. The Hall–Kier alpha value is -4.37. The van der Waals surface area contributed by atoms with Crippen LogP contribution < -0.4 is 10.6 Å². The van der Waals surface area contributed by atoms with Crippen LogP contribution in [0.25, 0.3) is 0 Å². The lowest BCUT2D eigenvalue weighted by molar-refractivity contribution is -0.126. The van der Waals surface area contributed by atoms with Crippen LogP contribution in [0.5, 0.6) is 0 Å². The summed E-state index contributed by atoms with van der Waals surface area (Å²) in [6.07, 6.45) is 0.144. The minimum atomic E-state index is -0.894. The fourth-order valence-electron chi connectivity index (χ4n) is 4.27. The zero-order valence-corrected chi connectivity index (χ0v) is 20.9. The molecule has 0 unspecified atom stereocenters. The van der Waals surface area contributed by atoms with Crippen LogP contribution in [-0.2, 0) is 22.6 Å². The topological polar surface area (TPSA) is 101 Å². The minimum Gasteiger partial charge on any atom is -0.467 e. The van der Waals surface area contributed by atoms with Gasteiger partial charge in [0, 0.05) is 5.69 Å². The van der Waals surface area contributed by atoms with Gasteiger partial charge in [-0.15, -0.1) is 11.3 Å². The summed E-state index contributed by atoms with van der Waals surface area (Å²) in [5, 5.41) is 7.56. The number of carbonyl (C=O) groups is 3. The summed E-state index contributed by atoms with van der Waals surface area (Å²) in [6.45, 7) is 2.39. The smallest absolute Gasteiger partial charge is 0.411 e. The molecule has 2 aromatic carbocycles. The number of ether oxygens (including phenoxy) is 1. The predicted octanol–water partition coefficient (Wildman–Crippen LogP) is 5.28. The number of cyclic esters (lactones) is 1. The molecule has 3 heterocycles. The second-order valence-corrected chi connectivity index (χ2v) is 9.66. The van der Waals surface area contributed by atoms with E-state index in [1.165, 1.54) is 22.5 Å². The highest BCUT2D eigenvalue weighted by Gasteiger charge is 2.47. The molecule has 1 aliphatic rings. The molecule has 37 heavy (non-hydrogen) atoms. The van der Waals surface area contributed by atoms with E-state index in [0.29, 0.717) is 21.9 Å². The molecule has 0 bridgehead atoms. The van der Waals surface area contributed by atoms with E-state index in [-0.39, 0.29) is 24.9 Å². The van der Waals surface area contributed by atoms with Gasteiger partial charge in [-0.1, -0.05) is 48.0 Å². The fourth-order valence-corrected chi connectivity index (χ4v) is 4.88. The van der Waals surface area contributed by atoms with Crippen LogP contribution in [0.3, 0.4) is 0 Å². The highest BCUT2D eigenvalue weighted by atomic mass is 32.1. The molecule has 188 valence electrons. The SMILES string of the molecule is Cc1cccc(CN2C(=O)O[C@@H](c3ccc(NC(=O)c4cccs4)cc3)[C@H]2C(=O)NCc2ccco2)c1. The number of nitrogens with one attached hydrogen (secondary N) is 2. The second-order valence-electron chi connectivity index (χ2n) is 8.72. The summed E-state index contributed by atoms with van der Waals surface area (Å²) in [4.78, 5) is 40.8. The van der Waals surface area contributed by atoms with Crippen LogP contribution >= 0.6 is 11.3 Å². The van der Waals surface area contributed by atoms with Gasteiger partial charge in [0.25, 0.3) is 5.91 Å². The maximum absolute atomic E-state index is 13.4. The molecular formula is C28H25N3O5S. The Morgan fingerprint density at radius 2 is 1.86 bits per heavy atom. The normalized spacial score (nSPS) is 16.9. The molecule has 5 rings (SSSR count). The van der Waals surface area contributed by atoms with E-state index < -0.39 is 18.2 Å². The van der Waals surface area contributed by atoms with Crippen LogP contribution in [0, 0.1) is 6.92 Å². The van der Waals surface area contributed by atoms with E-state index in [1.54, 1.807) is 42.5 Å². The summed E-state index contributed by atoms with van der Waals surface area (Å²) >= 11 is 1.36. The van der Waals surface area contributed by atoms with E-state index in [9.17, 15) is 14.4 Å². The molecule has 8 nitrogen and oxygen atoms in total. The van der Waals surface area contributed by atoms with Gasteiger partial charge < -0.3 is 19.8 Å². The first-order chi connectivity index (χ1) is 18.0. The van der Waals surface area contributed by atoms with Crippen molar-refractivity contribution >= 4 is 34.9 Å². The Morgan fingerprint density at radius 3 is 2.57 bits per heavy atom. The predicted molar refractivity (Wildman–Crippen MR) is 139 cm³/mol. The number of nitrogens with zero attached hydrogens (tertiary/aromatic N) is 1. The van der Waals surface area contributed by atoms with Crippen molar-refractivity contribution in [1.29, 1.82) is 0 Å². The molecule has 2 aromatic heterocycles. The van der Waals surface area contributed by atoms with Gasteiger partial charge >= 0.3 is 6.09 Å². The molecule has 1 aliphatic heterocycles. The summed E-state index contributed by atoms with van der Waals surface area (Å²) in [6, 6.07) is 20.9. The molecule has 0 aliphatic carbocycles.